The van der Waals surface area contributed by atoms with Crippen molar-refractivity contribution in [3.63, 3.8) is 0 Å². The van der Waals surface area contributed by atoms with Gasteiger partial charge in [-0.15, -0.1) is 0 Å². The first kappa shape index (κ1) is 15.5. The summed E-state index contributed by atoms with van der Waals surface area (Å²) in [5.74, 6) is 0.234. The van der Waals surface area contributed by atoms with Crippen molar-refractivity contribution in [2.24, 2.45) is 0 Å². The summed E-state index contributed by atoms with van der Waals surface area (Å²) in [6.07, 6.45) is 2.73. The topological polar surface area (TPSA) is 29.5 Å². The van der Waals surface area contributed by atoms with Crippen molar-refractivity contribution in [2.45, 2.75) is 32.3 Å². The Labute approximate surface area is 129 Å². The number of amides is 1. The minimum Gasteiger partial charge on any atom is -0.377 e. The third kappa shape index (κ3) is 4.32. The molecule has 0 unspecified atom stereocenters. The molecule has 1 heterocycles. The molecule has 1 saturated heterocycles. The van der Waals surface area contributed by atoms with E-state index in [1.54, 1.807) is 0 Å². The average molecular weight is 340 g/mol. The number of hydrogen-bond acceptors (Lipinski definition) is 2. The van der Waals surface area contributed by atoms with Crippen LogP contribution < -0.4 is 0 Å². The summed E-state index contributed by atoms with van der Waals surface area (Å²) in [6.45, 7) is 4.44. The van der Waals surface area contributed by atoms with Crippen LogP contribution in [0.3, 0.4) is 0 Å². The van der Waals surface area contributed by atoms with Crippen molar-refractivity contribution in [1.82, 2.24) is 4.90 Å². The van der Waals surface area contributed by atoms with E-state index in [4.69, 9.17) is 4.74 Å². The predicted molar refractivity (Wildman–Crippen MR) is 84.2 cm³/mol. The van der Waals surface area contributed by atoms with Gasteiger partial charge in [0.2, 0.25) is 5.91 Å². The van der Waals surface area contributed by atoms with Crippen molar-refractivity contribution in [1.29, 1.82) is 0 Å². The number of piperidine rings is 1. The Kier molecular flexibility index (Phi) is 6.05. The number of carbonyl (C=O) groups is 1. The highest BCUT2D eigenvalue weighted by atomic mass is 79.9. The molecule has 0 saturated carbocycles. The van der Waals surface area contributed by atoms with E-state index < -0.39 is 0 Å². The van der Waals surface area contributed by atoms with Crippen LogP contribution >= 0.6 is 15.9 Å². The Hall–Kier alpha value is -0.870. The van der Waals surface area contributed by atoms with Crippen LogP contribution in [0, 0.1) is 6.92 Å². The molecule has 1 fully saturated rings. The van der Waals surface area contributed by atoms with Crippen LogP contribution in [0.4, 0.5) is 0 Å². The number of rotatable bonds is 5. The van der Waals surface area contributed by atoms with Gasteiger partial charge in [-0.25, -0.2) is 0 Å². The first-order chi connectivity index (χ1) is 9.70. The molecule has 0 radical (unpaired) electrons. The van der Waals surface area contributed by atoms with Crippen molar-refractivity contribution >= 4 is 21.8 Å². The Balaban J connectivity index is 1.82. The van der Waals surface area contributed by atoms with Crippen molar-refractivity contribution in [3.8, 4) is 0 Å². The van der Waals surface area contributed by atoms with Crippen LogP contribution in [0.25, 0.3) is 0 Å². The van der Waals surface area contributed by atoms with Gasteiger partial charge in [0, 0.05) is 18.4 Å². The molecular weight excluding hydrogens is 318 g/mol. The number of hydrogen-bond donors (Lipinski definition) is 0. The zero-order valence-electron chi connectivity index (χ0n) is 12.0. The molecule has 1 aliphatic heterocycles. The fourth-order valence-corrected chi connectivity index (χ4v) is 2.75. The Morgan fingerprint density at radius 2 is 2.05 bits per heavy atom. The van der Waals surface area contributed by atoms with Gasteiger partial charge < -0.3 is 9.64 Å². The second kappa shape index (κ2) is 7.79. The molecule has 1 amide bonds. The monoisotopic (exact) mass is 339 g/mol. The average Bonchev–Trinajstić information content (AvgIpc) is 2.48. The lowest BCUT2D eigenvalue weighted by atomic mass is 10.0. The molecule has 0 N–H and O–H groups in total. The molecule has 4 heteroatoms. The maximum absolute atomic E-state index is 12.3. The van der Waals surface area contributed by atoms with Gasteiger partial charge in [0.25, 0.3) is 0 Å². The molecule has 0 aromatic heterocycles. The van der Waals surface area contributed by atoms with Gasteiger partial charge in [-0.05, 0) is 30.9 Å². The molecule has 110 valence electrons. The fourth-order valence-electron chi connectivity index (χ4n) is 2.57. The lowest BCUT2D eigenvalue weighted by molar-refractivity contribution is -0.133. The van der Waals surface area contributed by atoms with Crippen molar-refractivity contribution < 1.29 is 9.53 Å². The van der Waals surface area contributed by atoms with E-state index in [9.17, 15) is 4.79 Å². The molecule has 0 atom stereocenters. The molecule has 0 aliphatic carbocycles. The molecule has 0 bridgehead atoms. The van der Waals surface area contributed by atoms with Gasteiger partial charge in [-0.3, -0.25) is 4.79 Å². The predicted octanol–water partition coefficient (Wildman–Crippen LogP) is 2.94. The number of alkyl halides is 1. The molecule has 1 aromatic carbocycles. The molecule has 1 aliphatic rings. The van der Waals surface area contributed by atoms with Gasteiger partial charge >= 0.3 is 0 Å². The largest absolute Gasteiger partial charge is 0.377 e. The summed E-state index contributed by atoms with van der Waals surface area (Å²) < 4.78 is 5.71. The zero-order valence-corrected chi connectivity index (χ0v) is 13.6. The minimum absolute atomic E-state index is 0.234. The van der Waals surface area contributed by atoms with E-state index in [1.807, 2.05) is 23.1 Å². The number of ether oxygens (including phenoxy) is 1. The summed E-state index contributed by atoms with van der Waals surface area (Å²) >= 11 is 3.37. The van der Waals surface area contributed by atoms with Crippen LogP contribution in [-0.2, 0) is 16.0 Å². The van der Waals surface area contributed by atoms with Crippen molar-refractivity contribution in [2.75, 3.05) is 25.0 Å². The van der Waals surface area contributed by atoms with Gasteiger partial charge in [0.1, 0.15) is 0 Å². The number of aryl methyl sites for hydroxylation is 1. The normalized spacial score (nSPS) is 16.4. The summed E-state index contributed by atoms with van der Waals surface area (Å²) in [5.41, 5.74) is 2.33. The van der Waals surface area contributed by atoms with E-state index in [-0.39, 0.29) is 5.91 Å². The van der Waals surface area contributed by atoms with E-state index in [0.717, 1.165) is 43.4 Å². The Morgan fingerprint density at radius 1 is 1.35 bits per heavy atom. The van der Waals surface area contributed by atoms with E-state index in [1.165, 1.54) is 5.56 Å². The van der Waals surface area contributed by atoms with E-state index in [2.05, 4.69) is 28.9 Å². The summed E-state index contributed by atoms with van der Waals surface area (Å²) in [7, 11) is 0. The minimum atomic E-state index is 0.234. The van der Waals surface area contributed by atoms with Crippen LogP contribution in [0.2, 0.25) is 0 Å². The number of halogens is 1. The lowest BCUT2D eigenvalue weighted by Gasteiger charge is -2.32. The van der Waals surface area contributed by atoms with Crippen molar-refractivity contribution in [3.05, 3.63) is 35.4 Å². The van der Waals surface area contributed by atoms with Crippen LogP contribution in [0.5, 0.6) is 0 Å². The number of benzene rings is 1. The number of nitrogens with zero attached hydrogens (tertiary/aromatic N) is 1. The fraction of sp³-hybridized carbons (Fsp3) is 0.562. The second-order valence-corrected chi connectivity index (χ2v) is 6.04. The summed E-state index contributed by atoms with van der Waals surface area (Å²) in [4.78, 5) is 14.3. The van der Waals surface area contributed by atoms with Gasteiger partial charge in [-0.1, -0.05) is 40.2 Å². The summed E-state index contributed by atoms with van der Waals surface area (Å²) in [6, 6.07) is 8.11. The quantitative estimate of drug-likeness (QED) is 0.772. The highest BCUT2D eigenvalue weighted by Crippen LogP contribution is 2.16. The molecule has 2 rings (SSSR count). The number of carbonyl (C=O) groups excluding carboxylic acids is 1. The molecule has 0 spiro atoms. The summed E-state index contributed by atoms with van der Waals surface area (Å²) in [5, 5.41) is 0.874. The van der Waals surface area contributed by atoms with Gasteiger partial charge in [0.15, 0.2) is 0 Å². The number of likely N-dealkylation sites (tertiary alicyclic amines) is 1. The molecule has 3 nitrogen and oxygen atoms in total. The van der Waals surface area contributed by atoms with Gasteiger partial charge in [0.05, 0.1) is 19.1 Å². The van der Waals surface area contributed by atoms with Crippen LogP contribution in [0.15, 0.2) is 24.3 Å². The zero-order chi connectivity index (χ0) is 14.4. The second-order valence-electron chi connectivity index (χ2n) is 5.24. The maximum Gasteiger partial charge on any atom is 0.227 e. The van der Waals surface area contributed by atoms with Crippen LogP contribution in [0.1, 0.15) is 24.0 Å². The maximum atomic E-state index is 12.3. The smallest absolute Gasteiger partial charge is 0.227 e. The van der Waals surface area contributed by atoms with E-state index >= 15 is 0 Å². The van der Waals surface area contributed by atoms with E-state index in [0.29, 0.717) is 12.5 Å². The molecule has 1 aromatic rings. The highest BCUT2D eigenvalue weighted by Gasteiger charge is 2.23. The Bertz CT molecular complexity index is 442. The molecular formula is C16H22BrNO2. The highest BCUT2D eigenvalue weighted by molar-refractivity contribution is 9.09. The lowest BCUT2D eigenvalue weighted by Crippen LogP contribution is -2.41. The standard InChI is InChI=1S/C16H22BrNO2/c1-13-4-2-3-5-14(13)12-16(19)18-9-6-15(7-10-18)20-11-8-17/h2-5,15H,6-12H2,1H3. The van der Waals surface area contributed by atoms with Gasteiger partial charge in [-0.2, -0.15) is 0 Å². The van der Waals surface area contributed by atoms with Crippen LogP contribution in [-0.4, -0.2) is 41.9 Å². The third-order valence-corrected chi connectivity index (χ3v) is 4.15. The first-order valence-corrected chi connectivity index (χ1v) is 8.32. The third-order valence-electron chi connectivity index (χ3n) is 3.83. The first-order valence-electron chi connectivity index (χ1n) is 7.20. The Morgan fingerprint density at radius 3 is 2.70 bits per heavy atom. The molecule has 20 heavy (non-hydrogen) atoms. The SMILES string of the molecule is Cc1ccccc1CC(=O)N1CCC(OCCBr)CC1.